The molecule has 0 fully saturated rings. The first-order valence-electron chi connectivity index (χ1n) is 7.95. The minimum Gasteiger partial charge on any atom is -0.396 e. The maximum absolute atomic E-state index is 12.7. The van der Waals surface area contributed by atoms with Crippen LogP contribution >= 0.6 is 0 Å². The van der Waals surface area contributed by atoms with Crippen molar-refractivity contribution < 1.29 is 15.0 Å². The second-order valence-electron chi connectivity index (χ2n) is 6.72. The molecule has 0 aliphatic rings. The molecule has 2 aromatic carbocycles. The molecule has 3 N–H and O–H groups in total. The topological polar surface area (TPSA) is 76.6 Å². The molecular formula is C19H22N2O3. The number of aromatic amines is 1. The van der Waals surface area contributed by atoms with Gasteiger partial charge < -0.3 is 20.1 Å². The molecule has 0 saturated carbocycles. The Balaban J connectivity index is 1.94. The van der Waals surface area contributed by atoms with E-state index >= 15 is 0 Å². The second-order valence-corrected chi connectivity index (χ2v) is 6.72. The van der Waals surface area contributed by atoms with Gasteiger partial charge in [0, 0.05) is 29.9 Å². The van der Waals surface area contributed by atoms with Crippen molar-refractivity contribution in [3.63, 3.8) is 0 Å². The number of aliphatic hydroxyl groups excluding tert-OH is 2. The van der Waals surface area contributed by atoms with Crippen LogP contribution in [-0.4, -0.2) is 52.8 Å². The first-order chi connectivity index (χ1) is 11.5. The summed E-state index contributed by atoms with van der Waals surface area (Å²) in [5, 5.41) is 22.1. The summed E-state index contributed by atoms with van der Waals surface area (Å²) in [7, 11) is 1.68. The number of carbonyl (C=O) groups excluding carboxylic acids is 1. The fourth-order valence-corrected chi connectivity index (χ4v) is 3.00. The molecule has 0 atom stereocenters. The van der Waals surface area contributed by atoms with E-state index in [0.29, 0.717) is 5.69 Å². The zero-order valence-electron chi connectivity index (χ0n) is 13.9. The Bertz CT molecular complexity index is 881. The highest BCUT2D eigenvalue weighted by Crippen LogP contribution is 2.26. The number of nitrogens with zero attached hydrogens (tertiary/aromatic N) is 1. The summed E-state index contributed by atoms with van der Waals surface area (Å²) in [5.41, 5.74) is 0.697. The maximum atomic E-state index is 12.7. The number of aromatic nitrogens is 1. The van der Waals surface area contributed by atoms with E-state index in [0.717, 1.165) is 21.7 Å². The third-order valence-corrected chi connectivity index (χ3v) is 4.49. The summed E-state index contributed by atoms with van der Waals surface area (Å²) in [6.45, 7) is 1.65. The molecule has 126 valence electrons. The molecular weight excluding hydrogens is 304 g/mol. The average Bonchev–Trinajstić information content (AvgIpc) is 3.05. The van der Waals surface area contributed by atoms with Crippen LogP contribution in [0.15, 0.2) is 42.5 Å². The molecule has 1 amide bonds. The number of hydrogen-bond acceptors (Lipinski definition) is 3. The normalized spacial score (nSPS) is 12.0. The predicted molar refractivity (Wildman–Crippen MR) is 95.0 cm³/mol. The lowest BCUT2D eigenvalue weighted by molar-refractivity contribution is 0.0364. The van der Waals surface area contributed by atoms with Gasteiger partial charge in [-0.1, -0.05) is 37.3 Å². The Labute approximate surface area is 140 Å². The van der Waals surface area contributed by atoms with Crippen LogP contribution in [0.25, 0.3) is 21.7 Å². The minimum absolute atomic E-state index is 0.164. The average molecular weight is 326 g/mol. The molecule has 1 heterocycles. The first kappa shape index (κ1) is 16.5. The molecule has 3 aromatic rings. The zero-order chi connectivity index (χ0) is 17.3. The van der Waals surface area contributed by atoms with E-state index in [9.17, 15) is 15.0 Å². The van der Waals surface area contributed by atoms with E-state index in [2.05, 4.69) is 4.98 Å². The highest BCUT2D eigenvalue weighted by molar-refractivity contribution is 6.09. The number of H-pyrrole nitrogens is 1. The molecule has 0 aliphatic carbocycles. The highest BCUT2D eigenvalue weighted by atomic mass is 16.3. The van der Waals surface area contributed by atoms with Crippen molar-refractivity contribution in [1.29, 1.82) is 0 Å². The summed E-state index contributed by atoms with van der Waals surface area (Å²) in [6, 6.07) is 13.9. The second kappa shape index (κ2) is 6.26. The van der Waals surface area contributed by atoms with E-state index in [1.54, 1.807) is 14.0 Å². The lowest BCUT2D eigenvalue weighted by atomic mass is 9.92. The van der Waals surface area contributed by atoms with Crippen LogP contribution in [0.1, 0.15) is 17.4 Å². The molecule has 3 rings (SSSR count). The maximum Gasteiger partial charge on any atom is 0.270 e. The fraction of sp³-hybridized carbons (Fsp3) is 0.316. The third kappa shape index (κ3) is 2.88. The standard InChI is InChI=1S/C19H22N2O3/c1-19(11-22,12-23)10-21(2)18(24)17-9-15-14-6-4-3-5-13(14)7-8-16(15)20-17/h3-9,20,22-23H,10-12H2,1-2H3. The number of fused-ring (bicyclic) bond motifs is 3. The lowest BCUT2D eigenvalue weighted by Crippen LogP contribution is -2.41. The van der Waals surface area contributed by atoms with Gasteiger partial charge in [0.15, 0.2) is 0 Å². The lowest BCUT2D eigenvalue weighted by Gasteiger charge is -2.30. The van der Waals surface area contributed by atoms with Crippen LogP contribution < -0.4 is 0 Å². The molecule has 24 heavy (non-hydrogen) atoms. The van der Waals surface area contributed by atoms with Crippen LogP contribution in [-0.2, 0) is 0 Å². The summed E-state index contributed by atoms with van der Waals surface area (Å²) in [5.74, 6) is -0.164. The van der Waals surface area contributed by atoms with E-state index in [1.165, 1.54) is 4.90 Å². The molecule has 0 bridgehead atoms. The van der Waals surface area contributed by atoms with Gasteiger partial charge in [-0.05, 0) is 22.9 Å². The number of aliphatic hydroxyl groups is 2. The Morgan fingerprint density at radius 3 is 2.54 bits per heavy atom. The van der Waals surface area contributed by atoms with Crippen molar-refractivity contribution in [2.45, 2.75) is 6.92 Å². The number of nitrogens with one attached hydrogen (secondary N) is 1. The van der Waals surface area contributed by atoms with Crippen LogP contribution in [0.4, 0.5) is 0 Å². The van der Waals surface area contributed by atoms with Crippen molar-refractivity contribution in [3.05, 3.63) is 48.2 Å². The molecule has 0 spiro atoms. The largest absolute Gasteiger partial charge is 0.396 e. The monoisotopic (exact) mass is 326 g/mol. The van der Waals surface area contributed by atoms with Crippen LogP contribution in [0, 0.1) is 5.41 Å². The van der Waals surface area contributed by atoms with Crippen molar-refractivity contribution in [2.75, 3.05) is 26.8 Å². The number of benzene rings is 2. The van der Waals surface area contributed by atoms with Gasteiger partial charge in [-0.2, -0.15) is 0 Å². The van der Waals surface area contributed by atoms with E-state index in [-0.39, 0.29) is 25.7 Å². The number of amides is 1. The van der Waals surface area contributed by atoms with E-state index < -0.39 is 5.41 Å². The van der Waals surface area contributed by atoms with Gasteiger partial charge in [0.2, 0.25) is 0 Å². The molecule has 0 unspecified atom stereocenters. The van der Waals surface area contributed by atoms with Gasteiger partial charge in [0.05, 0.1) is 13.2 Å². The van der Waals surface area contributed by atoms with Gasteiger partial charge in [0.25, 0.3) is 5.91 Å². The van der Waals surface area contributed by atoms with Gasteiger partial charge >= 0.3 is 0 Å². The highest BCUT2D eigenvalue weighted by Gasteiger charge is 2.27. The quantitative estimate of drug-likeness (QED) is 0.674. The Kier molecular flexibility index (Phi) is 4.30. The number of hydrogen-bond donors (Lipinski definition) is 3. The Morgan fingerprint density at radius 1 is 1.12 bits per heavy atom. The summed E-state index contributed by atoms with van der Waals surface area (Å²) in [4.78, 5) is 17.4. The molecule has 0 radical (unpaired) electrons. The smallest absolute Gasteiger partial charge is 0.270 e. The third-order valence-electron chi connectivity index (χ3n) is 4.49. The Morgan fingerprint density at radius 2 is 1.83 bits per heavy atom. The predicted octanol–water partition coefficient (Wildman–Crippen LogP) is 2.38. The van der Waals surface area contributed by atoms with Crippen molar-refractivity contribution >= 4 is 27.6 Å². The van der Waals surface area contributed by atoms with E-state index in [4.69, 9.17) is 0 Å². The van der Waals surface area contributed by atoms with Crippen molar-refractivity contribution in [2.24, 2.45) is 5.41 Å². The fourth-order valence-electron chi connectivity index (χ4n) is 3.00. The molecule has 0 aliphatic heterocycles. The van der Waals surface area contributed by atoms with Gasteiger partial charge in [-0.25, -0.2) is 0 Å². The van der Waals surface area contributed by atoms with Crippen molar-refractivity contribution in [3.8, 4) is 0 Å². The number of carbonyl (C=O) groups is 1. The van der Waals surface area contributed by atoms with Gasteiger partial charge in [0.1, 0.15) is 5.69 Å². The first-order valence-corrected chi connectivity index (χ1v) is 7.95. The summed E-state index contributed by atoms with van der Waals surface area (Å²) in [6.07, 6.45) is 0. The zero-order valence-corrected chi connectivity index (χ0v) is 13.9. The van der Waals surface area contributed by atoms with Gasteiger partial charge in [-0.15, -0.1) is 0 Å². The molecule has 5 nitrogen and oxygen atoms in total. The SMILES string of the molecule is CN(CC(C)(CO)CO)C(=O)c1cc2c(ccc3ccccc32)[nH]1. The molecule has 5 heteroatoms. The van der Waals surface area contributed by atoms with Crippen LogP contribution in [0.3, 0.4) is 0 Å². The summed E-state index contributed by atoms with van der Waals surface area (Å²) < 4.78 is 0. The minimum atomic E-state index is -0.719. The van der Waals surface area contributed by atoms with Crippen LogP contribution in [0.5, 0.6) is 0 Å². The summed E-state index contributed by atoms with van der Waals surface area (Å²) >= 11 is 0. The van der Waals surface area contributed by atoms with Crippen LogP contribution in [0.2, 0.25) is 0 Å². The molecule has 1 aromatic heterocycles. The molecule has 0 saturated heterocycles. The van der Waals surface area contributed by atoms with Crippen molar-refractivity contribution in [1.82, 2.24) is 9.88 Å². The van der Waals surface area contributed by atoms with E-state index in [1.807, 2.05) is 42.5 Å². The van der Waals surface area contributed by atoms with Gasteiger partial charge in [-0.3, -0.25) is 4.79 Å². The Hall–Kier alpha value is -2.37. The number of rotatable bonds is 5.